The highest BCUT2D eigenvalue weighted by Crippen LogP contribution is 2.19. The first-order valence-electron chi connectivity index (χ1n) is 7.90. The number of hydrogen-bond donors (Lipinski definition) is 1. The molecule has 6 nitrogen and oxygen atoms in total. The number of esters is 1. The maximum atomic E-state index is 11.9. The summed E-state index contributed by atoms with van der Waals surface area (Å²) in [6.07, 6.45) is 6.30. The predicted octanol–water partition coefficient (Wildman–Crippen LogP) is 2.23. The van der Waals surface area contributed by atoms with Gasteiger partial charge in [-0.25, -0.2) is 0 Å². The van der Waals surface area contributed by atoms with E-state index in [4.69, 9.17) is 4.74 Å². The first kappa shape index (κ1) is 17.7. The van der Waals surface area contributed by atoms with Gasteiger partial charge >= 0.3 is 5.97 Å². The molecule has 0 radical (unpaired) electrons. The minimum atomic E-state index is -0.401. The number of rotatable bonds is 5. The van der Waals surface area contributed by atoms with E-state index in [2.05, 4.69) is 5.32 Å². The van der Waals surface area contributed by atoms with Crippen LogP contribution in [-0.2, 0) is 14.3 Å². The standard InChI is InChI=1S/C18H22N2O4/c1-20(2)17(22)13-8-10-15(11-9-13)19-16(21)12-24-18(23)14-6-4-3-5-7-14/h3-4,8-11,14H,5-7,12H2,1-2H3,(H,19,21). The average Bonchev–Trinajstić information content (AvgIpc) is 2.60. The summed E-state index contributed by atoms with van der Waals surface area (Å²) in [5.74, 6) is -0.995. The number of hydrogen-bond acceptors (Lipinski definition) is 4. The lowest BCUT2D eigenvalue weighted by Gasteiger charge is -2.16. The molecule has 0 spiro atoms. The zero-order chi connectivity index (χ0) is 17.5. The predicted molar refractivity (Wildman–Crippen MR) is 90.5 cm³/mol. The highest BCUT2D eigenvalue weighted by atomic mass is 16.5. The molecule has 0 heterocycles. The monoisotopic (exact) mass is 330 g/mol. The molecule has 128 valence electrons. The zero-order valence-electron chi connectivity index (χ0n) is 14.0. The van der Waals surface area contributed by atoms with Crippen molar-refractivity contribution in [3.8, 4) is 0 Å². The largest absolute Gasteiger partial charge is 0.455 e. The summed E-state index contributed by atoms with van der Waals surface area (Å²) in [4.78, 5) is 37.0. The van der Waals surface area contributed by atoms with Gasteiger partial charge in [-0.3, -0.25) is 14.4 Å². The van der Waals surface area contributed by atoms with E-state index in [0.29, 0.717) is 17.7 Å². The number of nitrogens with zero attached hydrogens (tertiary/aromatic N) is 1. The molecule has 6 heteroatoms. The SMILES string of the molecule is CN(C)C(=O)c1ccc(NC(=O)COC(=O)C2CC=CCC2)cc1. The number of ether oxygens (including phenoxy) is 1. The van der Waals surface area contributed by atoms with Crippen LogP contribution in [0.5, 0.6) is 0 Å². The zero-order valence-corrected chi connectivity index (χ0v) is 14.0. The van der Waals surface area contributed by atoms with E-state index in [9.17, 15) is 14.4 Å². The van der Waals surface area contributed by atoms with Crippen molar-refractivity contribution < 1.29 is 19.1 Å². The molecular formula is C18H22N2O4. The Morgan fingerprint density at radius 2 is 1.88 bits per heavy atom. The van der Waals surface area contributed by atoms with Gasteiger partial charge in [-0.2, -0.15) is 0 Å². The van der Waals surface area contributed by atoms with Crippen LogP contribution in [0.15, 0.2) is 36.4 Å². The summed E-state index contributed by atoms with van der Waals surface area (Å²) in [6, 6.07) is 6.56. The van der Waals surface area contributed by atoms with E-state index < -0.39 is 5.91 Å². The van der Waals surface area contributed by atoms with Gasteiger partial charge < -0.3 is 15.0 Å². The van der Waals surface area contributed by atoms with Crippen LogP contribution in [0.4, 0.5) is 5.69 Å². The molecule has 1 aromatic rings. The van der Waals surface area contributed by atoms with E-state index in [1.165, 1.54) is 4.90 Å². The van der Waals surface area contributed by atoms with E-state index in [-0.39, 0.29) is 24.4 Å². The quantitative estimate of drug-likeness (QED) is 0.663. The molecule has 1 N–H and O–H groups in total. The Balaban J connectivity index is 1.80. The minimum Gasteiger partial charge on any atom is -0.455 e. The molecule has 0 fully saturated rings. The third-order valence-electron chi connectivity index (χ3n) is 3.77. The molecule has 1 atom stereocenters. The molecule has 2 amide bonds. The number of carbonyl (C=O) groups excluding carboxylic acids is 3. The van der Waals surface area contributed by atoms with E-state index in [1.807, 2.05) is 12.2 Å². The maximum Gasteiger partial charge on any atom is 0.309 e. The lowest BCUT2D eigenvalue weighted by molar-refractivity contribution is -0.151. The molecule has 0 aromatic heterocycles. The topological polar surface area (TPSA) is 75.7 Å². The van der Waals surface area contributed by atoms with Crippen LogP contribution in [-0.4, -0.2) is 43.4 Å². The van der Waals surface area contributed by atoms with Crippen LogP contribution >= 0.6 is 0 Å². The fraction of sp³-hybridized carbons (Fsp3) is 0.389. The van der Waals surface area contributed by atoms with Gasteiger partial charge in [0.1, 0.15) is 0 Å². The van der Waals surface area contributed by atoms with E-state index in [0.717, 1.165) is 12.8 Å². The molecule has 0 saturated heterocycles. The summed E-state index contributed by atoms with van der Waals surface area (Å²) >= 11 is 0. The van der Waals surface area contributed by atoms with Gasteiger partial charge in [0.25, 0.3) is 11.8 Å². The second kappa shape index (κ2) is 8.29. The van der Waals surface area contributed by atoms with E-state index >= 15 is 0 Å². The van der Waals surface area contributed by atoms with Crippen LogP contribution in [0.1, 0.15) is 29.6 Å². The van der Waals surface area contributed by atoms with Gasteiger partial charge in [0.05, 0.1) is 5.92 Å². The minimum absolute atomic E-state index is 0.108. The molecule has 1 aromatic carbocycles. The molecule has 0 bridgehead atoms. The van der Waals surface area contributed by atoms with Gasteiger partial charge in [0.2, 0.25) is 0 Å². The normalized spacial score (nSPS) is 16.3. The maximum absolute atomic E-state index is 11.9. The van der Waals surface area contributed by atoms with Gasteiger partial charge in [-0.1, -0.05) is 12.2 Å². The smallest absolute Gasteiger partial charge is 0.309 e. The van der Waals surface area contributed by atoms with Crippen LogP contribution in [0.3, 0.4) is 0 Å². The van der Waals surface area contributed by atoms with Crippen LogP contribution < -0.4 is 5.32 Å². The Labute approximate surface area is 141 Å². The molecule has 0 aliphatic heterocycles. The fourth-order valence-corrected chi connectivity index (χ4v) is 2.41. The molecular weight excluding hydrogens is 308 g/mol. The van der Waals surface area contributed by atoms with Crippen molar-refractivity contribution in [1.29, 1.82) is 0 Å². The Kier molecular flexibility index (Phi) is 6.12. The second-order valence-corrected chi connectivity index (χ2v) is 5.91. The van der Waals surface area contributed by atoms with Crippen molar-refractivity contribution in [2.45, 2.75) is 19.3 Å². The van der Waals surface area contributed by atoms with Gasteiger partial charge in [-0.05, 0) is 43.5 Å². The number of amides is 2. The Hall–Kier alpha value is -2.63. The van der Waals surface area contributed by atoms with E-state index in [1.54, 1.807) is 38.4 Å². The summed E-state index contributed by atoms with van der Waals surface area (Å²) in [5, 5.41) is 2.64. The molecule has 24 heavy (non-hydrogen) atoms. The molecule has 1 aliphatic rings. The number of benzene rings is 1. The number of allylic oxidation sites excluding steroid dienone is 2. The highest BCUT2D eigenvalue weighted by Gasteiger charge is 2.21. The van der Waals surface area contributed by atoms with Gasteiger partial charge in [0.15, 0.2) is 6.61 Å². The number of carbonyl (C=O) groups is 3. The Morgan fingerprint density at radius 1 is 1.17 bits per heavy atom. The Bertz CT molecular complexity index is 635. The van der Waals surface area contributed by atoms with Crippen molar-refractivity contribution in [2.75, 3.05) is 26.0 Å². The lowest BCUT2D eigenvalue weighted by atomic mass is 9.95. The van der Waals surface area contributed by atoms with Crippen LogP contribution in [0.25, 0.3) is 0 Å². The van der Waals surface area contributed by atoms with Crippen LogP contribution in [0, 0.1) is 5.92 Å². The lowest BCUT2D eigenvalue weighted by Crippen LogP contribution is -2.25. The summed E-state index contributed by atoms with van der Waals surface area (Å²) in [6.45, 7) is -0.308. The summed E-state index contributed by atoms with van der Waals surface area (Å²) in [7, 11) is 3.35. The highest BCUT2D eigenvalue weighted by molar-refractivity contribution is 5.96. The molecule has 1 unspecified atom stereocenters. The molecule has 1 aliphatic carbocycles. The fourth-order valence-electron chi connectivity index (χ4n) is 2.41. The van der Waals surface area contributed by atoms with Crippen molar-refractivity contribution in [2.24, 2.45) is 5.92 Å². The van der Waals surface area contributed by atoms with Crippen molar-refractivity contribution in [3.05, 3.63) is 42.0 Å². The first-order valence-corrected chi connectivity index (χ1v) is 7.90. The van der Waals surface area contributed by atoms with Gasteiger partial charge in [-0.15, -0.1) is 0 Å². The van der Waals surface area contributed by atoms with Crippen molar-refractivity contribution in [1.82, 2.24) is 4.90 Å². The number of anilines is 1. The third-order valence-corrected chi connectivity index (χ3v) is 3.77. The molecule has 0 saturated carbocycles. The number of nitrogens with one attached hydrogen (secondary N) is 1. The van der Waals surface area contributed by atoms with Crippen LogP contribution in [0.2, 0.25) is 0 Å². The second-order valence-electron chi connectivity index (χ2n) is 5.91. The van der Waals surface area contributed by atoms with Gasteiger partial charge in [0, 0.05) is 25.3 Å². The Morgan fingerprint density at radius 3 is 2.46 bits per heavy atom. The molecule has 2 rings (SSSR count). The van der Waals surface area contributed by atoms with Crippen molar-refractivity contribution >= 4 is 23.5 Å². The third kappa shape index (κ3) is 4.94. The first-order chi connectivity index (χ1) is 11.5. The summed E-state index contributed by atoms with van der Waals surface area (Å²) < 4.78 is 5.06. The van der Waals surface area contributed by atoms with Crippen molar-refractivity contribution in [3.63, 3.8) is 0 Å². The average molecular weight is 330 g/mol. The summed E-state index contributed by atoms with van der Waals surface area (Å²) in [5.41, 5.74) is 1.08.